The second-order valence-corrected chi connectivity index (χ2v) is 3.68. The molecule has 0 heterocycles. The molecule has 0 saturated carbocycles. The van der Waals surface area contributed by atoms with E-state index in [4.69, 9.17) is 0 Å². The van der Waals surface area contributed by atoms with Crippen LogP contribution in [-0.4, -0.2) is 18.8 Å². The minimum atomic E-state index is 0. The molecule has 0 aliphatic heterocycles. The van der Waals surface area contributed by atoms with Gasteiger partial charge in [-0.15, -0.1) is 0 Å². The van der Waals surface area contributed by atoms with Crippen LogP contribution in [0.3, 0.4) is 0 Å². The summed E-state index contributed by atoms with van der Waals surface area (Å²) in [6.07, 6.45) is 0. The summed E-state index contributed by atoms with van der Waals surface area (Å²) in [5.74, 6) is 0. The van der Waals surface area contributed by atoms with Gasteiger partial charge in [-0.25, -0.2) is 0 Å². The van der Waals surface area contributed by atoms with Crippen molar-refractivity contribution in [1.29, 1.82) is 0 Å². The molecule has 0 spiro atoms. The second kappa shape index (κ2) is 6.78. The Labute approximate surface area is 54.3 Å². The Hall–Kier alpha value is 0.780. The summed E-state index contributed by atoms with van der Waals surface area (Å²) in [6.45, 7) is 0. The summed E-state index contributed by atoms with van der Waals surface area (Å²) in [6, 6.07) is 0. The molecule has 44 valence electrons. The van der Waals surface area contributed by atoms with Gasteiger partial charge in [-0.1, -0.05) is 0 Å². The van der Waals surface area contributed by atoms with Gasteiger partial charge in [-0.3, -0.25) is 0 Å². The SMILES string of the molecule is CN(C)[PH2+]N=[PH2+].[Cl-]. The van der Waals surface area contributed by atoms with E-state index in [1.165, 1.54) is 0 Å². The average Bonchev–Trinajstić information content (AvgIpc) is 1.35. The van der Waals surface area contributed by atoms with Crippen LogP contribution >= 0.6 is 17.9 Å². The number of hydrogen-bond donors (Lipinski definition) is 0. The molecule has 0 aromatic carbocycles. The van der Waals surface area contributed by atoms with Crippen LogP contribution in [0.4, 0.5) is 0 Å². The summed E-state index contributed by atoms with van der Waals surface area (Å²) >= 11 is 0. The fourth-order valence-electron chi connectivity index (χ4n) is 0.133. The Bertz CT molecular complexity index is 49.0. The van der Waals surface area contributed by atoms with Crippen LogP contribution in [0.1, 0.15) is 0 Å². The van der Waals surface area contributed by atoms with Crippen LogP contribution < -0.4 is 12.4 Å². The maximum absolute atomic E-state index is 3.86. The van der Waals surface area contributed by atoms with Crippen molar-refractivity contribution < 1.29 is 12.4 Å². The first-order chi connectivity index (χ1) is 2.77. The third kappa shape index (κ3) is 10.8. The monoisotopic (exact) mass is 159 g/mol. The van der Waals surface area contributed by atoms with E-state index in [2.05, 4.69) is 18.2 Å². The molecule has 0 rings (SSSR count). The van der Waals surface area contributed by atoms with E-state index in [0.717, 1.165) is 0 Å². The quantitative estimate of drug-likeness (QED) is 0.420. The van der Waals surface area contributed by atoms with Crippen molar-refractivity contribution in [3.8, 4) is 0 Å². The molecule has 0 fully saturated rings. The van der Waals surface area contributed by atoms with Crippen LogP contribution in [-0.2, 0) is 0 Å². The lowest BCUT2D eigenvalue weighted by Gasteiger charge is -1.88. The van der Waals surface area contributed by atoms with Gasteiger partial charge >= 0.3 is 0 Å². The van der Waals surface area contributed by atoms with Crippen molar-refractivity contribution in [2.24, 2.45) is 4.52 Å². The van der Waals surface area contributed by atoms with E-state index in [1.54, 1.807) is 0 Å². The van der Waals surface area contributed by atoms with E-state index in [0.29, 0.717) is 0 Å². The van der Waals surface area contributed by atoms with Crippen LogP contribution in [0.25, 0.3) is 0 Å². The standard InChI is InChI=1S/C2H8N2P2.ClH/c1-4(2)6-3-5;/h5-6H,1-2H3;1H/p+1. The Balaban J connectivity index is 0. The first-order valence-electron chi connectivity index (χ1n) is 1.67. The Morgan fingerprint density at radius 1 is 1.57 bits per heavy atom. The molecule has 0 saturated heterocycles. The molecule has 0 aliphatic carbocycles. The maximum Gasteiger partial charge on any atom is 0.223 e. The minimum absolute atomic E-state index is 0. The zero-order chi connectivity index (χ0) is 4.99. The van der Waals surface area contributed by atoms with Crippen LogP contribution in [0.2, 0.25) is 0 Å². The highest BCUT2D eigenvalue weighted by Crippen LogP contribution is 2.13. The Morgan fingerprint density at radius 3 is 2.00 bits per heavy atom. The lowest BCUT2D eigenvalue weighted by Crippen LogP contribution is -3.00. The number of halogens is 1. The van der Waals surface area contributed by atoms with Gasteiger partial charge in [0.25, 0.3) is 0 Å². The Kier molecular flexibility index (Phi) is 10.4. The molecular weight excluding hydrogens is 149 g/mol. The molecule has 2 atom stereocenters. The number of nitrogens with zero attached hydrogens (tertiary/aromatic N) is 2. The Morgan fingerprint density at radius 2 is 2.00 bits per heavy atom. The van der Waals surface area contributed by atoms with Crippen molar-refractivity contribution in [3.05, 3.63) is 0 Å². The molecule has 0 bridgehead atoms. The summed E-state index contributed by atoms with van der Waals surface area (Å²) in [7, 11) is 6.56. The minimum Gasteiger partial charge on any atom is -1.00 e. The van der Waals surface area contributed by atoms with Gasteiger partial charge < -0.3 is 12.4 Å². The van der Waals surface area contributed by atoms with E-state index < -0.39 is 0 Å². The van der Waals surface area contributed by atoms with Gasteiger partial charge in [-0.2, -0.15) is 4.67 Å². The highest BCUT2D eigenvalue weighted by Gasteiger charge is 1.89. The number of hydrogen-bond acceptors (Lipinski definition) is 2. The van der Waals surface area contributed by atoms with E-state index in [9.17, 15) is 0 Å². The van der Waals surface area contributed by atoms with Gasteiger partial charge in [0.2, 0.25) is 17.9 Å². The van der Waals surface area contributed by atoms with Crippen molar-refractivity contribution in [3.63, 3.8) is 0 Å². The van der Waals surface area contributed by atoms with Gasteiger partial charge in [0.05, 0.1) is 0 Å². The molecule has 0 N–H and O–H groups in total. The van der Waals surface area contributed by atoms with E-state index >= 15 is 0 Å². The third-order valence-electron chi connectivity index (χ3n) is 0.298. The average molecular weight is 160 g/mol. The van der Waals surface area contributed by atoms with Crippen molar-refractivity contribution in [2.45, 2.75) is 0 Å². The summed E-state index contributed by atoms with van der Waals surface area (Å²) in [4.78, 5) is 0. The van der Waals surface area contributed by atoms with Crippen LogP contribution in [0.15, 0.2) is 4.52 Å². The second-order valence-electron chi connectivity index (χ2n) is 1.23. The fourth-order valence-corrected chi connectivity index (χ4v) is 1.20. The molecular formula is C2H10ClN2P2+. The first kappa shape index (κ1) is 10.7. The third-order valence-corrected chi connectivity index (χ3v) is 1.29. The van der Waals surface area contributed by atoms with Crippen LogP contribution in [0, 0.1) is 0 Å². The number of rotatable bonds is 2. The van der Waals surface area contributed by atoms with Crippen molar-refractivity contribution >= 4 is 17.9 Å². The van der Waals surface area contributed by atoms with E-state index in [-0.39, 0.29) is 21.3 Å². The molecule has 0 aliphatic rings. The van der Waals surface area contributed by atoms with Gasteiger partial charge in [0, 0.05) is 18.6 Å². The summed E-state index contributed by atoms with van der Waals surface area (Å²) in [5, 5.41) is 0. The molecule has 2 nitrogen and oxygen atoms in total. The predicted octanol–water partition coefficient (Wildman–Crippen LogP) is -2.15. The molecule has 0 aromatic rings. The fraction of sp³-hybridized carbons (Fsp3) is 1.00. The first-order valence-corrected chi connectivity index (χ1v) is 3.22. The molecule has 0 aromatic heterocycles. The van der Waals surface area contributed by atoms with Gasteiger partial charge in [-0.05, 0) is 0 Å². The van der Waals surface area contributed by atoms with E-state index in [1.807, 2.05) is 14.1 Å². The molecule has 0 amide bonds. The van der Waals surface area contributed by atoms with Gasteiger partial charge in [0.15, 0.2) is 0 Å². The zero-order valence-electron chi connectivity index (χ0n) is 4.43. The topological polar surface area (TPSA) is 15.6 Å². The lowest BCUT2D eigenvalue weighted by atomic mass is 11.3. The predicted molar refractivity (Wildman–Crippen MR) is 35.5 cm³/mol. The largest absolute Gasteiger partial charge is 1.00 e. The maximum atomic E-state index is 3.86. The van der Waals surface area contributed by atoms with Crippen molar-refractivity contribution in [1.82, 2.24) is 4.67 Å². The van der Waals surface area contributed by atoms with Crippen molar-refractivity contribution in [2.75, 3.05) is 14.1 Å². The normalized spacial score (nSPS) is 9.57. The molecule has 2 unspecified atom stereocenters. The highest BCUT2D eigenvalue weighted by atomic mass is 35.5. The summed E-state index contributed by atoms with van der Waals surface area (Å²) < 4.78 is 5.94. The molecule has 0 radical (unpaired) electrons. The van der Waals surface area contributed by atoms with Gasteiger partial charge in [0.1, 0.15) is 0 Å². The highest BCUT2D eigenvalue weighted by molar-refractivity contribution is 7.38. The zero-order valence-corrected chi connectivity index (χ0v) is 7.49. The lowest BCUT2D eigenvalue weighted by molar-refractivity contribution is -0.00000130. The summed E-state index contributed by atoms with van der Waals surface area (Å²) in [5.41, 5.74) is 0. The molecule has 7 heavy (non-hydrogen) atoms. The molecule has 5 heteroatoms. The van der Waals surface area contributed by atoms with Crippen LogP contribution in [0.5, 0.6) is 0 Å². The smallest absolute Gasteiger partial charge is 0.223 e.